The summed E-state index contributed by atoms with van der Waals surface area (Å²) in [6.07, 6.45) is 5.47. The minimum absolute atomic E-state index is 0.179. The molecule has 1 aliphatic carbocycles. The first-order chi connectivity index (χ1) is 11.5. The molecule has 0 radical (unpaired) electrons. The molecule has 2 amide bonds. The van der Waals surface area contributed by atoms with Crippen molar-refractivity contribution in [1.82, 2.24) is 10.9 Å². The summed E-state index contributed by atoms with van der Waals surface area (Å²) in [4.78, 5) is 25.9. The Hall–Kier alpha value is -1.92. The molecule has 24 heavy (non-hydrogen) atoms. The number of carbonyl (C=O) groups is 2. The number of hydrazine groups is 1. The van der Waals surface area contributed by atoms with E-state index < -0.39 is 17.6 Å². The van der Waals surface area contributed by atoms with Crippen LogP contribution in [-0.2, 0) is 12.8 Å². The van der Waals surface area contributed by atoms with E-state index in [4.69, 9.17) is 11.6 Å². The van der Waals surface area contributed by atoms with Crippen LogP contribution in [0.25, 0.3) is 0 Å². The van der Waals surface area contributed by atoms with E-state index in [0.717, 1.165) is 31.7 Å². The van der Waals surface area contributed by atoms with Gasteiger partial charge in [-0.1, -0.05) is 18.0 Å². The molecule has 7 heteroatoms. The minimum Gasteiger partial charge on any atom is -0.267 e. The van der Waals surface area contributed by atoms with Crippen molar-refractivity contribution >= 4 is 34.8 Å². The van der Waals surface area contributed by atoms with Crippen LogP contribution in [0.5, 0.6) is 0 Å². The Labute approximate surface area is 148 Å². The molecule has 0 aliphatic heterocycles. The highest BCUT2D eigenvalue weighted by Gasteiger charge is 2.18. The van der Waals surface area contributed by atoms with Crippen molar-refractivity contribution < 1.29 is 14.0 Å². The van der Waals surface area contributed by atoms with E-state index in [1.54, 1.807) is 0 Å². The summed E-state index contributed by atoms with van der Waals surface area (Å²) in [6, 6.07) is 5.62. The number of hydrogen-bond acceptors (Lipinski definition) is 3. The van der Waals surface area contributed by atoms with E-state index >= 15 is 0 Å². The largest absolute Gasteiger partial charge is 0.279 e. The molecule has 1 heterocycles. The van der Waals surface area contributed by atoms with Gasteiger partial charge in [0.05, 0.1) is 10.4 Å². The number of carbonyl (C=O) groups excluding carboxylic acids is 2. The number of hydrogen-bond donors (Lipinski definition) is 2. The van der Waals surface area contributed by atoms with Crippen LogP contribution in [0.4, 0.5) is 4.39 Å². The van der Waals surface area contributed by atoms with Crippen LogP contribution in [0.2, 0.25) is 5.02 Å². The Morgan fingerprint density at radius 2 is 1.79 bits per heavy atom. The predicted molar refractivity (Wildman–Crippen MR) is 91.9 cm³/mol. The fourth-order valence-corrected chi connectivity index (χ4v) is 4.00. The molecule has 1 aromatic heterocycles. The zero-order chi connectivity index (χ0) is 17.1. The number of amides is 2. The van der Waals surface area contributed by atoms with E-state index in [2.05, 4.69) is 10.9 Å². The van der Waals surface area contributed by atoms with Gasteiger partial charge in [-0.05, 0) is 55.5 Å². The summed E-state index contributed by atoms with van der Waals surface area (Å²) in [7, 11) is 0. The number of rotatable bonds is 2. The quantitative estimate of drug-likeness (QED) is 0.626. The zero-order valence-corrected chi connectivity index (χ0v) is 14.4. The van der Waals surface area contributed by atoms with Crippen molar-refractivity contribution in [2.45, 2.75) is 32.1 Å². The van der Waals surface area contributed by atoms with Gasteiger partial charge in [0, 0.05) is 9.90 Å². The number of halogens is 2. The van der Waals surface area contributed by atoms with Gasteiger partial charge in [0.15, 0.2) is 0 Å². The van der Waals surface area contributed by atoms with Gasteiger partial charge in [-0.15, -0.1) is 11.3 Å². The second kappa shape index (κ2) is 7.32. The van der Waals surface area contributed by atoms with Crippen LogP contribution in [-0.4, -0.2) is 11.8 Å². The van der Waals surface area contributed by atoms with Crippen LogP contribution in [0, 0.1) is 5.82 Å². The fraction of sp³-hybridized carbons (Fsp3) is 0.294. The van der Waals surface area contributed by atoms with E-state index in [9.17, 15) is 14.0 Å². The molecule has 1 aromatic carbocycles. The molecule has 2 aromatic rings. The topological polar surface area (TPSA) is 58.2 Å². The Morgan fingerprint density at radius 3 is 2.58 bits per heavy atom. The highest BCUT2D eigenvalue weighted by Crippen LogP contribution is 2.28. The third-order valence-corrected chi connectivity index (χ3v) is 5.41. The first kappa shape index (κ1) is 16.9. The van der Waals surface area contributed by atoms with Crippen molar-refractivity contribution in [2.24, 2.45) is 0 Å². The van der Waals surface area contributed by atoms with Crippen molar-refractivity contribution in [3.05, 3.63) is 56.0 Å². The number of nitrogens with one attached hydrogen (secondary N) is 2. The van der Waals surface area contributed by atoms with E-state index in [-0.39, 0.29) is 10.6 Å². The molecule has 0 atom stereocenters. The molecule has 0 unspecified atom stereocenters. The summed E-state index contributed by atoms with van der Waals surface area (Å²) in [6.45, 7) is 0. The van der Waals surface area contributed by atoms with Crippen molar-refractivity contribution in [1.29, 1.82) is 0 Å². The van der Waals surface area contributed by atoms with Crippen molar-refractivity contribution in [3.63, 3.8) is 0 Å². The molecule has 0 saturated heterocycles. The van der Waals surface area contributed by atoms with Gasteiger partial charge >= 0.3 is 0 Å². The molecule has 0 saturated carbocycles. The molecule has 4 nitrogen and oxygen atoms in total. The van der Waals surface area contributed by atoms with E-state index in [1.165, 1.54) is 40.3 Å². The van der Waals surface area contributed by atoms with Crippen LogP contribution in [0.1, 0.15) is 49.7 Å². The number of aryl methyl sites for hydroxylation is 2. The molecule has 0 fully saturated rings. The summed E-state index contributed by atoms with van der Waals surface area (Å²) in [5.41, 5.74) is 5.61. The summed E-state index contributed by atoms with van der Waals surface area (Å²) < 4.78 is 13.7. The Morgan fingerprint density at radius 1 is 1.04 bits per heavy atom. The summed E-state index contributed by atoms with van der Waals surface area (Å²) in [5, 5.41) is 0.202. The summed E-state index contributed by atoms with van der Waals surface area (Å²) in [5.74, 6) is -1.86. The smallest absolute Gasteiger partial charge is 0.267 e. The summed E-state index contributed by atoms with van der Waals surface area (Å²) >= 11 is 7.10. The van der Waals surface area contributed by atoms with E-state index in [1.807, 2.05) is 6.07 Å². The third kappa shape index (κ3) is 3.76. The van der Waals surface area contributed by atoms with Crippen LogP contribution < -0.4 is 10.9 Å². The number of fused-ring (bicyclic) bond motifs is 1. The predicted octanol–water partition coefficient (Wildman–Crippen LogP) is 3.88. The van der Waals surface area contributed by atoms with Crippen molar-refractivity contribution in [3.8, 4) is 0 Å². The molecular weight excluding hydrogens is 351 g/mol. The Kier molecular flexibility index (Phi) is 5.16. The Balaban J connectivity index is 1.64. The molecule has 1 aliphatic rings. The normalized spacial score (nSPS) is 13.8. The standard InChI is InChI=1S/C17H16ClFN2O2S/c18-11-6-7-12(13(19)9-11)16(22)20-21-17(23)15-8-10-4-2-1-3-5-14(10)24-15/h6-9H,1-5H2,(H,20,22)(H,21,23). The van der Waals surface area contributed by atoms with Crippen molar-refractivity contribution in [2.75, 3.05) is 0 Å². The highest BCUT2D eigenvalue weighted by molar-refractivity contribution is 7.14. The number of benzene rings is 1. The lowest BCUT2D eigenvalue weighted by atomic mass is 10.1. The molecule has 2 N–H and O–H groups in total. The van der Waals surface area contributed by atoms with Gasteiger partial charge in [-0.2, -0.15) is 0 Å². The molecule has 0 spiro atoms. The van der Waals surface area contributed by atoms with Crippen LogP contribution in [0.3, 0.4) is 0 Å². The third-order valence-electron chi connectivity index (χ3n) is 3.94. The van der Waals surface area contributed by atoms with Crippen LogP contribution in [0.15, 0.2) is 24.3 Å². The monoisotopic (exact) mass is 366 g/mol. The first-order valence-corrected chi connectivity index (χ1v) is 8.91. The fourth-order valence-electron chi connectivity index (χ4n) is 2.70. The average Bonchev–Trinajstić information content (AvgIpc) is 2.83. The number of thiophene rings is 1. The maximum absolute atomic E-state index is 13.7. The lowest BCUT2D eigenvalue weighted by molar-refractivity contribution is 0.0846. The molecule has 126 valence electrons. The zero-order valence-electron chi connectivity index (χ0n) is 12.8. The van der Waals surface area contributed by atoms with Gasteiger partial charge in [-0.3, -0.25) is 20.4 Å². The van der Waals surface area contributed by atoms with Gasteiger partial charge in [0.2, 0.25) is 0 Å². The second-order valence-electron chi connectivity index (χ2n) is 5.65. The van der Waals surface area contributed by atoms with Gasteiger partial charge < -0.3 is 0 Å². The minimum atomic E-state index is -0.739. The Bertz CT molecular complexity index is 767. The van der Waals surface area contributed by atoms with Gasteiger partial charge in [0.25, 0.3) is 11.8 Å². The maximum atomic E-state index is 13.7. The van der Waals surface area contributed by atoms with Crippen LogP contribution >= 0.6 is 22.9 Å². The highest BCUT2D eigenvalue weighted by atomic mass is 35.5. The van der Waals surface area contributed by atoms with Gasteiger partial charge in [0.1, 0.15) is 5.82 Å². The lowest BCUT2D eigenvalue weighted by Crippen LogP contribution is -2.41. The van der Waals surface area contributed by atoms with Gasteiger partial charge in [-0.25, -0.2) is 4.39 Å². The molecular formula is C17H16ClFN2O2S. The first-order valence-electron chi connectivity index (χ1n) is 7.72. The second-order valence-corrected chi connectivity index (χ2v) is 7.23. The lowest BCUT2D eigenvalue weighted by Gasteiger charge is -2.07. The van der Waals surface area contributed by atoms with E-state index in [0.29, 0.717) is 4.88 Å². The SMILES string of the molecule is O=C(NNC(=O)c1ccc(Cl)cc1F)c1cc2c(s1)CCCCC2. The molecule has 0 bridgehead atoms. The molecule has 3 rings (SSSR count). The maximum Gasteiger partial charge on any atom is 0.279 e. The average molecular weight is 367 g/mol.